The molecule has 7 heteroatoms. The second-order valence-electron chi connectivity index (χ2n) is 4.44. The Bertz CT molecular complexity index is 739. The van der Waals surface area contributed by atoms with E-state index in [4.69, 9.17) is 5.26 Å². The molecule has 0 saturated heterocycles. The Morgan fingerprint density at radius 3 is 2.59 bits per heavy atom. The van der Waals surface area contributed by atoms with Gasteiger partial charge in [0, 0.05) is 21.2 Å². The molecule has 0 saturated carbocycles. The lowest BCUT2D eigenvalue weighted by Crippen LogP contribution is -2.14. The quantitative estimate of drug-likeness (QED) is 0.624. The smallest absolute Gasteiger partial charge is 0.267 e. The number of nitrogens with one attached hydrogen (secondary N) is 2. The Morgan fingerprint density at radius 1 is 1.36 bits per heavy atom. The molecule has 0 unspecified atom stereocenters. The molecule has 0 radical (unpaired) electrons. The molecule has 0 bridgehead atoms. The molecule has 0 aliphatic rings. The fourth-order valence-electron chi connectivity index (χ4n) is 1.55. The summed E-state index contributed by atoms with van der Waals surface area (Å²) in [5.41, 5.74) is 1.53. The van der Waals surface area contributed by atoms with Crippen LogP contribution in [0.1, 0.15) is 10.6 Å². The fourth-order valence-corrected chi connectivity index (χ4v) is 2.60. The van der Waals surface area contributed by atoms with Crippen molar-refractivity contribution in [3.8, 4) is 6.07 Å². The van der Waals surface area contributed by atoms with Crippen molar-refractivity contribution >= 4 is 44.0 Å². The van der Waals surface area contributed by atoms with Crippen molar-refractivity contribution in [1.29, 1.82) is 5.26 Å². The minimum absolute atomic E-state index is 0.0200. The first kappa shape index (κ1) is 16.2. The van der Waals surface area contributed by atoms with Crippen molar-refractivity contribution in [2.75, 3.05) is 10.6 Å². The highest BCUT2D eigenvalue weighted by Gasteiger charge is 2.10. The van der Waals surface area contributed by atoms with Crippen LogP contribution in [0.4, 0.5) is 10.8 Å². The maximum absolute atomic E-state index is 12.1. The van der Waals surface area contributed by atoms with Crippen LogP contribution in [-0.2, 0) is 4.79 Å². The van der Waals surface area contributed by atoms with Gasteiger partial charge >= 0.3 is 0 Å². The van der Waals surface area contributed by atoms with E-state index in [2.05, 4.69) is 31.5 Å². The SMILES string of the molecule is Cc1nc(N/C=C(/C#N)C(=O)Nc2ccc(Br)cc2)sc1C. The molecule has 2 rings (SSSR count). The first-order valence-electron chi connectivity index (χ1n) is 6.37. The zero-order chi connectivity index (χ0) is 16.1. The van der Waals surface area contributed by atoms with E-state index < -0.39 is 5.91 Å². The number of nitrogens with zero attached hydrogens (tertiary/aromatic N) is 2. The third-order valence-corrected chi connectivity index (χ3v) is 4.37. The van der Waals surface area contributed by atoms with Crippen molar-refractivity contribution < 1.29 is 4.79 Å². The highest BCUT2D eigenvalue weighted by atomic mass is 79.9. The summed E-state index contributed by atoms with van der Waals surface area (Å²) >= 11 is 4.79. The molecule has 1 aromatic carbocycles. The molecule has 112 valence electrons. The molecule has 5 nitrogen and oxygen atoms in total. The van der Waals surface area contributed by atoms with E-state index >= 15 is 0 Å². The number of thiazole rings is 1. The van der Waals surface area contributed by atoms with Gasteiger partial charge in [-0.25, -0.2) is 4.98 Å². The van der Waals surface area contributed by atoms with Crippen LogP contribution in [0, 0.1) is 25.2 Å². The van der Waals surface area contributed by atoms with Crippen molar-refractivity contribution in [3.63, 3.8) is 0 Å². The normalized spacial score (nSPS) is 10.9. The largest absolute Gasteiger partial charge is 0.337 e. The van der Waals surface area contributed by atoms with Crippen molar-refractivity contribution in [1.82, 2.24) is 4.98 Å². The second kappa shape index (κ2) is 7.20. The van der Waals surface area contributed by atoms with Crippen LogP contribution in [0.2, 0.25) is 0 Å². The topological polar surface area (TPSA) is 77.8 Å². The molecule has 1 heterocycles. The number of anilines is 2. The summed E-state index contributed by atoms with van der Waals surface area (Å²) in [6.45, 7) is 3.87. The van der Waals surface area contributed by atoms with E-state index in [-0.39, 0.29) is 5.57 Å². The number of carbonyl (C=O) groups excluding carboxylic acids is 1. The van der Waals surface area contributed by atoms with Gasteiger partial charge in [0.2, 0.25) is 0 Å². The number of aryl methyl sites for hydroxylation is 2. The summed E-state index contributed by atoms with van der Waals surface area (Å²) < 4.78 is 0.915. The van der Waals surface area contributed by atoms with Gasteiger partial charge in [0.1, 0.15) is 11.6 Å². The molecule has 1 aromatic heterocycles. The van der Waals surface area contributed by atoms with E-state index in [0.717, 1.165) is 15.0 Å². The Morgan fingerprint density at radius 2 is 2.05 bits per heavy atom. The monoisotopic (exact) mass is 376 g/mol. The molecule has 1 amide bonds. The molecule has 0 fully saturated rings. The van der Waals surface area contributed by atoms with Gasteiger partial charge < -0.3 is 10.6 Å². The molecule has 2 N–H and O–H groups in total. The lowest BCUT2D eigenvalue weighted by atomic mass is 10.2. The van der Waals surface area contributed by atoms with E-state index in [0.29, 0.717) is 10.8 Å². The second-order valence-corrected chi connectivity index (χ2v) is 6.55. The molecule has 22 heavy (non-hydrogen) atoms. The lowest BCUT2D eigenvalue weighted by Gasteiger charge is -2.04. The van der Waals surface area contributed by atoms with Gasteiger partial charge in [-0.15, -0.1) is 11.3 Å². The summed E-state index contributed by atoms with van der Waals surface area (Å²) in [7, 11) is 0. The van der Waals surface area contributed by atoms with Crippen LogP contribution in [-0.4, -0.2) is 10.9 Å². The summed E-state index contributed by atoms with van der Waals surface area (Å²) in [6.07, 6.45) is 1.37. The van der Waals surface area contributed by atoms with Gasteiger partial charge in [0.25, 0.3) is 5.91 Å². The Labute approximate surface area is 140 Å². The average molecular weight is 377 g/mol. The first-order valence-corrected chi connectivity index (χ1v) is 7.98. The van der Waals surface area contributed by atoms with Gasteiger partial charge in [0.15, 0.2) is 5.13 Å². The van der Waals surface area contributed by atoms with Crippen LogP contribution >= 0.6 is 27.3 Å². The van der Waals surface area contributed by atoms with Crippen LogP contribution < -0.4 is 10.6 Å². The zero-order valence-corrected chi connectivity index (χ0v) is 14.4. The van der Waals surface area contributed by atoms with Gasteiger partial charge in [-0.05, 0) is 38.1 Å². The van der Waals surface area contributed by atoms with E-state index in [9.17, 15) is 4.79 Å². The number of hydrogen-bond acceptors (Lipinski definition) is 5. The van der Waals surface area contributed by atoms with E-state index in [1.165, 1.54) is 17.5 Å². The number of amides is 1. The van der Waals surface area contributed by atoms with E-state index in [1.807, 2.05) is 32.0 Å². The predicted octanol–water partition coefficient (Wildman–Crippen LogP) is 3.98. The molecule has 0 aliphatic carbocycles. The van der Waals surface area contributed by atoms with Crippen LogP contribution in [0.25, 0.3) is 0 Å². The number of hydrogen-bond donors (Lipinski definition) is 2. The molecule has 0 spiro atoms. The highest BCUT2D eigenvalue weighted by molar-refractivity contribution is 9.10. The van der Waals surface area contributed by atoms with Crippen molar-refractivity contribution in [3.05, 3.63) is 51.1 Å². The van der Waals surface area contributed by atoms with Gasteiger partial charge in [-0.1, -0.05) is 15.9 Å². The summed E-state index contributed by atoms with van der Waals surface area (Å²) in [6, 6.07) is 9.00. The average Bonchev–Trinajstić information content (AvgIpc) is 2.81. The number of halogens is 1. The van der Waals surface area contributed by atoms with Crippen LogP contribution in [0.3, 0.4) is 0 Å². The lowest BCUT2D eigenvalue weighted by molar-refractivity contribution is -0.112. The predicted molar refractivity (Wildman–Crippen MR) is 91.7 cm³/mol. The first-order chi connectivity index (χ1) is 10.5. The van der Waals surface area contributed by atoms with Gasteiger partial charge in [-0.3, -0.25) is 4.79 Å². The number of carbonyl (C=O) groups is 1. The summed E-state index contributed by atoms with van der Waals surface area (Å²) in [5, 5.41) is 15.3. The molecule has 0 aliphatic heterocycles. The maximum Gasteiger partial charge on any atom is 0.267 e. The van der Waals surface area contributed by atoms with Gasteiger partial charge in [0.05, 0.1) is 5.69 Å². The zero-order valence-electron chi connectivity index (χ0n) is 12.0. The van der Waals surface area contributed by atoms with Crippen LogP contribution in [0.15, 0.2) is 40.5 Å². The third kappa shape index (κ3) is 4.16. The summed E-state index contributed by atoms with van der Waals surface area (Å²) in [5.74, 6) is -0.470. The third-order valence-electron chi connectivity index (χ3n) is 2.84. The molecular formula is C15H13BrN4OS. The molecule has 0 atom stereocenters. The minimum Gasteiger partial charge on any atom is -0.337 e. The number of benzene rings is 1. The number of aromatic nitrogens is 1. The minimum atomic E-state index is -0.470. The molecular weight excluding hydrogens is 364 g/mol. The van der Waals surface area contributed by atoms with Crippen molar-refractivity contribution in [2.24, 2.45) is 0 Å². The number of nitriles is 1. The fraction of sp³-hybridized carbons (Fsp3) is 0.133. The van der Waals surface area contributed by atoms with Crippen LogP contribution in [0.5, 0.6) is 0 Å². The number of rotatable bonds is 4. The van der Waals surface area contributed by atoms with Crippen molar-refractivity contribution in [2.45, 2.75) is 13.8 Å². The Hall–Kier alpha value is -2.17. The standard InChI is InChI=1S/C15H13BrN4OS/c1-9-10(2)22-15(19-9)18-8-11(7-17)14(21)20-13-5-3-12(16)4-6-13/h3-6,8H,1-2H3,(H,18,19)(H,20,21)/b11-8-. The van der Waals surface area contributed by atoms with E-state index in [1.54, 1.807) is 12.1 Å². The van der Waals surface area contributed by atoms with Gasteiger partial charge in [-0.2, -0.15) is 5.26 Å². The molecule has 2 aromatic rings. The Kier molecular flexibility index (Phi) is 5.31. The highest BCUT2D eigenvalue weighted by Crippen LogP contribution is 2.21. The Balaban J connectivity index is 2.06. The summed E-state index contributed by atoms with van der Waals surface area (Å²) in [4.78, 5) is 17.4. The maximum atomic E-state index is 12.1.